The normalized spacial score (nSPS) is 17.8. The molecule has 4 nitrogen and oxygen atoms in total. The van der Waals surface area contributed by atoms with E-state index < -0.39 is 0 Å². The van der Waals surface area contributed by atoms with Crippen LogP contribution in [-0.2, 0) is 13.1 Å². The van der Waals surface area contributed by atoms with Gasteiger partial charge in [-0.05, 0) is 25.1 Å². The van der Waals surface area contributed by atoms with Crippen molar-refractivity contribution in [1.82, 2.24) is 20.1 Å². The van der Waals surface area contributed by atoms with Gasteiger partial charge in [0.1, 0.15) is 0 Å². The zero-order chi connectivity index (χ0) is 14.4. The number of rotatable bonds is 6. The Morgan fingerprint density at radius 3 is 2.40 bits per heavy atom. The summed E-state index contributed by atoms with van der Waals surface area (Å²) in [5.74, 6) is 0.765. The summed E-state index contributed by atoms with van der Waals surface area (Å²) in [6, 6.07) is 6.34. The van der Waals surface area contributed by atoms with Crippen LogP contribution in [0.15, 0.2) is 18.2 Å². The number of hydrogen-bond acceptors (Lipinski definition) is 4. The Labute approximate surface area is 123 Å². The predicted molar refractivity (Wildman–Crippen MR) is 83.6 cm³/mol. The molecule has 1 saturated heterocycles. The summed E-state index contributed by atoms with van der Waals surface area (Å²) in [6.45, 7) is 12.3. The molecule has 0 saturated carbocycles. The molecule has 0 radical (unpaired) electrons. The molecular formula is C16H28N4. The molecule has 112 valence electrons. The first-order valence-electron chi connectivity index (χ1n) is 7.71. The first kappa shape index (κ1) is 15.4. The molecule has 1 fully saturated rings. The maximum Gasteiger partial charge on any atom is 0.0547 e. The van der Waals surface area contributed by atoms with Crippen LogP contribution in [0.4, 0.5) is 0 Å². The summed E-state index contributed by atoms with van der Waals surface area (Å²) < 4.78 is 0. The summed E-state index contributed by atoms with van der Waals surface area (Å²) in [6.07, 6.45) is 0. The third-order valence-electron chi connectivity index (χ3n) is 3.70. The van der Waals surface area contributed by atoms with Crippen LogP contribution in [0.3, 0.4) is 0 Å². The van der Waals surface area contributed by atoms with Gasteiger partial charge >= 0.3 is 0 Å². The topological polar surface area (TPSA) is 31.4 Å². The van der Waals surface area contributed by atoms with Crippen molar-refractivity contribution in [2.24, 2.45) is 5.92 Å². The molecule has 1 aliphatic heterocycles. The van der Waals surface area contributed by atoms with Gasteiger partial charge < -0.3 is 10.2 Å². The molecule has 0 aromatic carbocycles. The van der Waals surface area contributed by atoms with E-state index in [1.54, 1.807) is 0 Å². The molecule has 4 heteroatoms. The second-order valence-electron chi connectivity index (χ2n) is 6.12. The summed E-state index contributed by atoms with van der Waals surface area (Å²) in [5, 5.41) is 3.16. The first-order chi connectivity index (χ1) is 9.67. The van der Waals surface area contributed by atoms with Crippen molar-refractivity contribution in [2.75, 3.05) is 39.8 Å². The van der Waals surface area contributed by atoms with Gasteiger partial charge in [-0.3, -0.25) is 9.88 Å². The van der Waals surface area contributed by atoms with Crippen LogP contribution in [0.25, 0.3) is 0 Å². The molecule has 0 amide bonds. The smallest absolute Gasteiger partial charge is 0.0547 e. The fraction of sp³-hybridized carbons (Fsp3) is 0.688. The van der Waals surface area contributed by atoms with E-state index in [1.807, 2.05) is 7.05 Å². The van der Waals surface area contributed by atoms with E-state index in [9.17, 15) is 0 Å². The molecule has 0 aliphatic carbocycles. The molecule has 2 heterocycles. The number of nitrogens with one attached hydrogen (secondary N) is 1. The Kier molecular flexibility index (Phi) is 5.95. The Balaban J connectivity index is 1.81. The average Bonchev–Trinajstić information content (AvgIpc) is 2.41. The van der Waals surface area contributed by atoms with Gasteiger partial charge in [-0.1, -0.05) is 19.9 Å². The van der Waals surface area contributed by atoms with E-state index in [0.717, 1.165) is 37.8 Å². The van der Waals surface area contributed by atoms with Crippen molar-refractivity contribution in [3.8, 4) is 0 Å². The molecule has 1 aromatic rings. The minimum absolute atomic E-state index is 0.765. The lowest BCUT2D eigenvalue weighted by Gasteiger charge is -2.35. The Bertz CT molecular complexity index is 397. The summed E-state index contributed by atoms with van der Waals surface area (Å²) in [5.41, 5.74) is 2.32. The van der Waals surface area contributed by atoms with Crippen molar-refractivity contribution in [3.63, 3.8) is 0 Å². The monoisotopic (exact) mass is 276 g/mol. The highest BCUT2D eigenvalue weighted by Crippen LogP contribution is 2.09. The molecular weight excluding hydrogens is 248 g/mol. The number of piperazine rings is 1. The van der Waals surface area contributed by atoms with Crippen LogP contribution in [0.1, 0.15) is 25.2 Å². The molecule has 20 heavy (non-hydrogen) atoms. The molecule has 2 rings (SSSR count). The van der Waals surface area contributed by atoms with Crippen LogP contribution in [-0.4, -0.2) is 54.6 Å². The fourth-order valence-corrected chi connectivity index (χ4v) is 2.77. The number of aromatic nitrogens is 1. The van der Waals surface area contributed by atoms with E-state index in [1.165, 1.54) is 25.3 Å². The van der Waals surface area contributed by atoms with Gasteiger partial charge in [0, 0.05) is 45.8 Å². The van der Waals surface area contributed by atoms with E-state index >= 15 is 0 Å². The third kappa shape index (κ3) is 4.85. The SMILES string of the molecule is CNCc1cccc(CN2CCN(CC(C)C)CC2)n1. The van der Waals surface area contributed by atoms with Crippen molar-refractivity contribution in [3.05, 3.63) is 29.6 Å². The molecule has 0 atom stereocenters. The lowest BCUT2D eigenvalue weighted by Crippen LogP contribution is -2.47. The Morgan fingerprint density at radius 1 is 1.10 bits per heavy atom. The second-order valence-corrected chi connectivity index (χ2v) is 6.12. The van der Waals surface area contributed by atoms with Crippen molar-refractivity contribution >= 4 is 0 Å². The highest BCUT2D eigenvalue weighted by atomic mass is 15.3. The maximum atomic E-state index is 4.71. The standard InChI is InChI=1S/C16H28N4/c1-14(2)12-19-7-9-20(10-8-19)13-16-6-4-5-15(18-16)11-17-3/h4-6,14,17H,7-13H2,1-3H3. The van der Waals surface area contributed by atoms with Crippen LogP contribution in [0, 0.1) is 5.92 Å². The van der Waals surface area contributed by atoms with Gasteiger partial charge in [0.2, 0.25) is 0 Å². The molecule has 1 aliphatic rings. The van der Waals surface area contributed by atoms with E-state index in [0.29, 0.717) is 0 Å². The molecule has 1 aromatic heterocycles. The van der Waals surface area contributed by atoms with Crippen LogP contribution in [0.2, 0.25) is 0 Å². The van der Waals surface area contributed by atoms with E-state index in [-0.39, 0.29) is 0 Å². The van der Waals surface area contributed by atoms with Gasteiger partial charge in [-0.25, -0.2) is 0 Å². The Hall–Kier alpha value is -0.970. The van der Waals surface area contributed by atoms with Crippen LogP contribution >= 0.6 is 0 Å². The van der Waals surface area contributed by atoms with Gasteiger partial charge in [-0.15, -0.1) is 0 Å². The van der Waals surface area contributed by atoms with Crippen molar-refractivity contribution in [1.29, 1.82) is 0 Å². The van der Waals surface area contributed by atoms with E-state index in [2.05, 4.69) is 47.2 Å². The third-order valence-corrected chi connectivity index (χ3v) is 3.70. The highest BCUT2D eigenvalue weighted by Gasteiger charge is 2.17. The van der Waals surface area contributed by atoms with Gasteiger partial charge in [0.25, 0.3) is 0 Å². The summed E-state index contributed by atoms with van der Waals surface area (Å²) in [4.78, 5) is 9.80. The Morgan fingerprint density at radius 2 is 1.75 bits per heavy atom. The van der Waals surface area contributed by atoms with Crippen LogP contribution in [0.5, 0.6) is 0 Å². The number of hydrogen-bond donors (Lipinski definition) is 1. The molecule has 1 N–H and O–H groups in total. The first-order valence-corrected chi connectivity index (χ1v) is 7.71. The lowest BCUT2D eigenvalue weighted by molar-refractivity contribution is 0.116. The fourth-order valence-electron chi connectivity index (χ4n) is 2.77. The predicted octanol–water partition coefficient (Wildman–Crippen LogP) is 1.57. The van der Waals surface area contributed by atoms with Gasteiger partial charge in [0.05, 0.1) is 11.4 Å². The lowest BCUT2D eigenvalue weighted by atomic mass is 10.2. The van der Waals surface area contributed by atoms with Gasteiger partial charge in [0.15, 0.2) is 0 Å². The molecule has 0 unspecified atom stereocenters. The zero-order valence-corrected chi connectivity index (χ0v) is 13.1. The second kappa shape index (κ2) is 7.72. The minimum atomic E-state index is 0.765. The quantitative estimate of drug-likeness (QED) is 0.855. The van der Waals surface area contributed by atoms with Crippen LogP contribution < -0.4 is 5.32 Å². The van der Waals surface area contributed by atoms with E-state index in [4.69, 9.17) is 4.98 Å². The zero-order valence-electron chi connectivity index (χ0n) is 13.1. The summed E-state index contributed by atoms with van der Waals surface area (Å²) in [7, 11) is 1.96. The number of pyridine rings is 1. The molecule has 0 bridgehead atoms. The van der Waals surface area contributed by atoms with Gasteiger partial charge in [-0.2, -0.15) is 0 Å². The number of nitrogens with zero attached hydrogens (tertiary/aromatic N) is 3. The van der Waals surface area contributed by atoms with Crippen molar-refractivity contribution < 1.29 is 0 Å². The van der Waals surface area contributed by atoms with Crippen molar-refractivity contribution in [2.45, 2.75) is 26.9 Å². The molecule has 0 spiro atoms. The summed E-state index contributed by atoms with van der Waals surface area (Å²) >= 11 is 0. The maximum absolute atomic E-state index is 4.71. The highest BCUT2D eigenvalue weighted by molar-refractivity contribution is 5.11. The average molecular weight is 276 g/mol. The largest absolute Gasteiger partial charge is 0.314 e. The minimum Gasteiger partial charge on any atom is -0.314 e.